The highest BCUT2D eigenvalue weighted by Crippen LogP contribution is 2.35. The van der Waals surface area contributed by atoms with Gasteiger partial charge >= 0.3 is 0 Å². The largest absolute Gasteiger partial charge is 0.496 e. The number of nitrogens with two attached hydrogens (primary N) is 1. The molecule has 0 bridgehead atoms. The molecule has 19 heavy (non-hydrogen) atoms. The second kappa shape index (κ2) is 5.71. The zero-order valence-electron chi connectivity index (χ0n) is 11.4. The zero-order chi connectivity index (χ0) is 13.8. The molecule has 100 valence electrons. The van der Waals surface area contributed by atoms with E-state index in [-0.39, 0.29) is 6.04 Å². The van der Waals surface area contributed by atoms with Crippen molar-refractivity contribution in [2.45, 2.75) is 19.9 Å². The van der Waals surface area contributed by atoms with Crippen molar-refractivity contribution in [1.29, 1.82) is 0 Å². The molecular weight excluding hydrogens is 240 g/mol. The third kappa shape index (κ3) is 2.85. The summed E-state index contributed by atoms with van der Waals surface area (Å²) in [5.74, 6) is 2.15. The van der Waals surface area contributed by atoms with Crippen molar-refractivity contribution in [3.05, 3.63) is 47.8 Å². The minimum Gasteiger partial charge on any atom is -0.496 e. The molecule has 0 radical (unpaired) electrons. The van der Waals surface area contributed by atoms with Crippen LogP contribution in [0.25, 0.3) is 0 Å². The van der Waals surface area contributed by atoms with Crippen LogP contribution in [0.3, 0.4) is 0 Å². The average molecular weight is 258 g/mol. The van der Waals surface area contributed by atoms with E-state index < -0.39 is 0 Å². The Bertz CT molecular complexity index is 568. The Morgan fingerprint density at radius 3 is 2.42 bits per heavy atom. The Kier molecular flexibility index (Phi) is 4.02. The van der Waals surface area contributed by atoms with Gasteiger partial charge in [-0.15, -0.1) is 0 Å². The van der Waals surface area contributed by atoms with E-state index in [2.05, 4.69) is 4.98 Å². The highest BCUT2D eigenvalue weighted by Gasteiger charge is 2.15. The summed E-state index contributed by atoms with van der Waals surface area (Å²) in [6, 6.07) is 9.19. The molecular formula is C15H18N2O2. The highest BCUT2D eigenvalue weighted by molar-refractivity contribution is 5.48. The molecule has 0 aliphatic rings. The first-order valence-corrected chi connectivity index (χ1v) is 6.15. The van der Waals surface area contributed by atoms with Gasteiger partial charge in [0.1, 0.15) is 17.2 Å². The summed E-state index contributed by atoms with van der Waals surface area (Å²) in [4.78, 5) is 4.20. The van der Waals surface area contributed by atoms with Crippen LogP contribution in [0, 0.1) is 6.92 Å². The van der Waals surface area contributed by atoms with Crippen molar-refractivity contribution in [3.63, 3.8) is 0 Å². The molecule has 0 spiro atoms. The van der Waals surface area contributed by atoms with E-state index in [0.717, 1.165) is 22.8 Å². The topological polar surface area (TPSA) is 57.4 Å². The summed E-state index contributed by atoms with van der Waals surface area (Å²) in [6.45, 7) is 3.81. The van der Waals surface area contributed by atoms with Crippen LogP contribution in [0.15, 0.2) is 36.5 Å². The van der Waals surface area contributed by atoms with Crippen LogP contribution >= 0.6 is 0 Å². The molecule has 0 saturated heterocycles. The van der Waals surface area contributed by atoms with Gasteiger partial charge in [-0.05, 0) is 38.1 Å². The average Bonchev–Trinajstić information content (AvgIpc) is 2.40. The second-order valence-corrected chi connectivity index (χ2v) is 4.35. The van der Waals surface area contributed by atoms with Crippen molar-refractivity contribution in [3.8, 4) is 17.2 Å². The normalized spacial score (nSPS) is 12.0. The summed E-state index contributed by atoms with van der Waals surface area (Å²) >= 11 is 0. The number of hydrogen-bond acceptors (Lipinski definition) is 4. The minimum atomic E-state index is -0.178. The number of pyridine rings is 1. The summed E-state index contributed by atoms with van der Waals surface area (Å²) in [6.07, 6.45) is 1.74. The standard InChI is InChI=1S/C15H18N2O2/c1-10(16)15-13(18-3)6-4-7-14(15)19-12-8-5-9-17-11(12)2/h4-10H,16H2,1-3H3/t10-/m0/s1. The molecule has 0 fully saturated rings. The lowest BCUT2D eigenvalue weighted by Crippen LogP contribution is -2.09. The molecule has 0 saturated carbocycles. The number of aromatic nitrogens is 1. The third-order valence-corrected chi connectivity index (χ3v) is 2.88. The Morgan fingerprint density at radius 2 is 1.79 bits per heavy atom. The number of aryl methyl sites for hydroxylation is 1. The van der Waals surface area contributed by atoms with Crippen LogP contribution in [-0.2, 0) is 0 Å². The van der Waals surface area contributed by atoms with Crippen molar-refractivity contribution < 1.29 is 9.47 Å². The van der Waals surface area contributed by atoms with E-state index in [1.165, 1.54) is 0 Å². The Balaban J connectivity index is 2.43. The maximum atomic E-state index is 6.01. The van der Waals surface area contributed by atoms with Crippen LogP contribution in [0.2, 0.25) is 0 Å². The summed E-state index contributed by atoms with van der Waals surface area (Å²) in [5, 5.41) is 0. The first-order valence-electron chi connectivity index (χ1n) is 6.15. The fourth-order valence-corrected chi connectivity index (χ4v) is 1.94. The van der Waals surface area contributed by atoms with Gasteiger partial charge in [0.2, 0.25) is 0 Å². The van der Waals surface area contributed by atoms with Gasteiger partial charge in [0, 0.05) is 12.2 Å². The maximum Gasteiger partial charge on any atom is 0.148 e. The molecule has 0 aliphatic carbocycles. The molecule has 4 heteroatoms. The molecule has 0 aliphatic heterocycles. The van der Waals surface area contributed by atoms with Crippen molar-refractivity contribution >= 4 is 0 Å². The summed E-state index contributed by atoms with van der Waals surface area (Å²) < 4.78 is 11.3. The van der Waals surface area contributed by atoms with E-state index in [9.17, 15) is 0 Å². The molecule has 2 rings (SSSR count). The van der Waals surface area contributed by atoms with Crippen LogP contribution in [-0.4, -0.2) is 12.1 Å². The zero-order valence-corrected chi connectivity index (χ0v) is 11.4. The first-order chi connectivity index (χ1) is 9.13. The van der Waals surface area contributed by atoms with Crippen molar-refractivity contribution in [2.75, 3.05) is 7.11 Å². The minimum absolute atomic E-state index is 0.178. The molecule has 2 N–H and O–H groups in total. The monoisotopic (exact) mass is 258 g/mol. The van der Waals surface area contributed by atoms with Crippen LogP contribution in [0.1, 0.15) is 24.2 Å². The van der Waals surface area contributed by atoms with E-state index in [0.29, 0.717) is 5.75 Å². The smallest absolute Gasteiger partial charge is 0.148 e. The van der Waals surface area contributed by atoms with Gasteiger partial charge < -0.3 is 15.2 Å². The molecule has 1 heterocycles. The quantitative estimate of drug-likeness (QED) is 0.914. The lowest BCUT2D eigenvalue weighted by molar-refractivity contribution is 0.397. The fraction of sp³-hybridized carbons (Fsp3) is 0.267. The van der Waals surface area contributed by atoms with Crippen molar-refractivity contribution in [1.82, 2.24) is 4.98 Å². The second-order valence-electron chi connectivity index (χ2n) is 4.35. The van der Waals surface area contributed by atoms with E-state index >= 15 is 0 Å². The molecule has 0 unspecified atom stereocenters. The predicted octanol–water partition coefficient (Wildman–Crippen LogP) is 3.21. The predicted molar refractivity (Wildman–Crippen MR) is 74.6 cm³/mol. The van der Waals surface area contributed by atoms with E-state index in [1.54, 1.807) is 13.3 Å². The number of nitrogens with zero attached hydrogens (tertiary/aromatic N) is 1. The molecule has 1 atom stereocenters. The fourth-order valence-electron chi connectivity index (χ4n) is 1.94. The number of benzene rings is 1. The van der Waals surface area contributed by atoms with E-state index in [4.69, 9.17) is 15.2 Å². The van der Waals surface area contributed by atoms with Gasteiger partial charge in [-0.2, -0.15) is 0 Å². The number of ether oxygens (including phenoxy) is 2. The molecule has 1 aromatic carbocycles. The summed E-state index contributed by atoms with van der Waals surface area (Å²) in [7, 11) is 1.63. The number of hydrogen-bond donors (Lipinski definition) is 1. The summed E-state index contributed by atoms with van der Waals surface area (Å²) in [5.41, 5.74) is 7.70. The van der Waals surface area contributed by atoms with E-state index in [1.807, 2.05) is 44.2 Å². The Hall–Kier alpha value is -2.07. The molecule has 1 aromatic heterocycles. The van der Waals surface area contributed by atoms with Gasteiger partial charge in [0.05, 0.1) is 18.4 Å². The molecule has 2 aromatic rings. The number of methoxy groups -OCH3 is 1. The van der Waals surface area contributed by atoms with Crippen LogP contribution in [0.4, 0.5) is 0 Å². The molecule has 4 nitrogen and oxygen atoms in total. The third-order valence-electron chi connectivity index (χ3n) is 2.88. The van der Waals surface area contributed by atoms with Gasteiger partial charge in [-0.3, -0.25) is 4.98 Å². The maximum absolute atomic E-state index is 6.01. The molecule has 0 amide bonds. The van der Waals surface area contributed by atoms with Crippen molar-refractivity contribution in [2.24, 2.45) is 5.73 Å². The highest BCUT2D eigenvalue weighted by atomic mass is 16.5. The van der Waals surface area contributed by atoms with Gasteiger partial charge in [-0.1, -0.05) is 6.07 Å². The van der Waals surface area contributed by atoms with Gasteiger partial charge in [0.25, 0.3) is 0 Å². The first kappa shape index (κ1) is 13.4. The lowest BCUT2D eigenvalue weighted by atomic mass is 10.1. The van der Waals surface area contributed by atoms with Crippen LogP contribution < -0.4 is 15.2 Å². The Labute approximate surface area is 113 Å². The van der Waals surface area contributed by atoms with Gasteiger partial charge in [0.15, 0.2) is 0 Å². The lowest BCUT2D eigenvalue weighted by Gasteiger charge is -2.17. The van der Waals surface area contributed by atoms with Crippen LogP contribution in [0.5, 0.6) is 17.2 Å². The SMILES string of the molecule is COc1cccc(Oc2cccnc2C)c1[C@H](C)N. The Morgan fingerprint density at radius 1 is 1.11 bits per heavy atom. The number of rotatable bonds is 4. The van der Waals surface area contributed by atoms with Gasteiger partial charge in [-0.25, -0.2) is 0 Å².